The van der Waals surface area contributed by atoms with E-state index in [-0.39, 0.29) is 5.41 Å². The molecule has 10 aromatic carbocycles. The van der Waals surface area contributed by atoms with Gasteiger partial charge < -0.3 is 9.80 Å². The lowest BCUT2D eigenvalue weighted by atomic mass is 9.78. The molecule has 2 aliphatic rings. The summed E-state index contributed by atoms with van der Waals surface area (Å²) in [6, 6.07) is 76.4. The maximum absolute atomic E-state index is 2.51. The summed E-state index contributed by atoms with van der Waals surface area (Å²) in [5, 5.41) is 7.82. The fourth-order valence-electron chi connectivity index (χ4n) is 11.1. The summed E-state index contributed by atoms with van der Waals surface area (Å²) in [5.41, 5.74) is 18.0. The van der Waals surface area contributed by atoms with Crippen LogP contribution in [0.4, 0.5) is 34.1 Å². The molecule has 0 heterocycles. The Morgan fingerprint density at radius 2 is 0.952 bits per heavy atom. The van der Waals surface area contributed by atoms with Gasteiger partial charge >= 0.3 is 0 Å². The Morgan fingerprint density at radius 3 is 1.67 bits per heavy atom. The van der Waals surface area contributed by atoms with Gasteiger partial charge in [0.25, 0.3) is 0 Å². The molecule has 12 rings (SSSR count). The molecule has 0 N–H and O–H groups in total. The SMILES string of the molecule is CC1(C)c2cc(N(c3ccccc3)c3ccccc3)ccc2-c2c1c1ccc(-c3ccc(N(c4ccccc4)c4ccc5ccccc5c4)c4c3CCCC4)cc1c1ccccc21. The van der Waals surface area contributed by atoms with Gasteiger partial charge in [-0.25, -0.2) is 0 Å². The largest absolute Gasteiger partial charge is 0.310 e. The zero-order valence-electron chi connectivity index (χ0n) is 35.9. The van der Waals surface area contributed by atoms with Crippen molar-refractivity contribution in [2.45, 2.75) is 44.9 Å². The van der Waals surface area contributed by atoms with Crippen molar-refractivity contribution in [2.75, 3.05) is 9.80 Å². The minimum Gasteiger partial charge on any atom is -0.310 e. The molecule has 63 heavy (non-hydrogen) atoms. The fraction of sp³-hybridized carbons (Fsp3) is 0.115. The zero-order valence-corrected chi connectivity index (χ0v) is 35.9. The van der Waals surface area contributed by atoms with E-state index in [1.807, 2.05) is 0 Å². The van der Waals surface area contributed by atoms with Crippen LogP contribution in [0.3, 0.4) is 0 Å². The Bertz CT molecular complexity index is 3330. The molecule has 0 aliphatic heterocycles. The highest BCUT2D eigenvalue weighted by Crippen LogP contribution is 2.56. The van der Waals surface area contributed by atoms with Crippen LogP contribution in [0.5, 0.6) is 0 Å². The molecule has 0 spiro atoms. The van der Waals surface area contributed by atoms with Crippen molar-refractivity contribution >= 4 is 66.4 Å². The normalized spacial score (nSPS) is 13.7. The summed E-state index contributed by atoms with van der Waals surface area (Å²) >= 11 is 0. The van der Waals surface area contributed by atoms with Gasteiger partial charge in [-0.2, -0.15) is 0 Å². The summed E-state index contributed by atoms with van der Waals surface area (Å²) in [6.45, 7) is 4.87. The van der Waals surface area contributed by atoms with Crippen molar-refractivity contribution in [3.63, 3.8) is 0 Å². The first-order valence-corrected chi connectivity index (χ1v) is 22.6. The maximum atomic E-state index is 2.51. The maximum Gasteiger partial charge on any atom is 0.0496 e. The lowest BCUT2D eigenvalue weighted by Crippen LogP contribution is -2.17. The second-order valence-corrected chi connectivity index (χ2v) is 17.9. The molecule has 0 fully saturated rings. The molecular weight excluding hydrogens is 761 g/mol. The lowest BCUT2D eigenvalue weighted by Gasteiger charge is -2.32. The smallest absolute Gasteiger partial charge is 0.0496 e. The summed E-state index contributed by atoms with van der Waals surface area (Å²) in [5.74, 6) is 0. The Balaban J connectivity index is 1.01. The quantitative estimate of drug-likeness (QED) is 0.148. The highest BCUT2D eigenvalue weighted by atomic mass is 15.1. The molecular formula is C61H48N2. The zero-order chi connectivity index (χ0) is 42.1. The van der Waals surface area contributed by atoms with Crippen LogP contribution in [0.25, 0.3) is 54.6 Å². The molecule has 0 radical (unpaired) electrons. The first-order chi connectivity index (χ1) is 31.0. The number of nitrogens with zero attached hydrogens (tertiary/aromatic N) is 2. The van der Waals surface area contributed by atoms with Crippen molar-refractivity contribution < 1.29 is 0 Å². The Labute approximate surface area is 370 Å². The molecule has 0 saturated carbocycles. The summed E-state index contributed by atoms with van der Waals surface area (Å²) in [6.07, 6.45) is 4.55. The van der Waals surface area contributed by atoms with E-state index >= 15 is 0 Å². The van der Waals surface area contributed by atoms with Gasteiger partial charge in [-0.05, 0) is 175 Å². The number of benzene rings is 10. The molecule has 2 nitrogen and oxygen atoms in total. The van der Waals surface area contributed by atoms with Crippen LogP contribution in [-0.4, -0.2) is 0 Å². The Morgan fingerprint density at radius 1 is 0.381 bits per heavy atom. The van der Waals surface area contributed by atoms with Crippen LogP contribution >= 0.6 is 0 Å². The average Bonchev–Trinajstić information content (AvgIpc) is 3.58. The summed E-state index contributed by atoms with van der Waals surface area (Å²) in [7, 11) is 0. The van der Waals surface area contributed by atoms with E-state index in [4.69, 9.17) is 0 Å². The predicted molar refractivity (Wildman–Crippen MR) is 268 cm³/mol. The van der Waals surface area contributed by atoms with E-state index in [1.54, 1.807) is 0 Å². The van der Waals surface area contributed by atoms with E-state index in [0.29, 0.717) is 0 Å². The molecule has 0 atom stereocenters. The van der Waals surface area contributed by atoms with E-state index in [2.05, 4.69) is 230 Å². The molecule has 0 saturated heterocycles. The van der Waals surface area contributed by atoms with Crippen LogP contribution in [0.15, 0.2) is 206 Å². The van der Waals surface area contributed by atoms with Gasteiger partial charge in [-0.3, -0.25) is 0 Å². The third-order valence-corrected chi connectivity index (χ3v) is 14.0. The first kappa shape index (κ1) is 37.4. The molecule has 0 bridgehead atoms. The van der Waals surface area contributed by atoms with Gasteiger partial charge in [0.2, 0.25) is 0 Å². The first-order valence-electron chi connectivity index (χ1n) is 22.6. The van der Waals surface area contributed by atoms with Gasteiger partial charge in [0, 0.05) is 39.5 Å². The second-order valence-electron chi connectivity index (χ2n) is 17.9. The molecule has 10 aromatic rings. The number of anilines is 6. The molecule has 0 aromatic heterocycles. The second kappa shape index (κ2) is 14.9. The van der Waals surface area contributed by atoms with Gasteiger partial charge in [-0.15, -0.1) is 0 Å². The third kappa shape index (κ3) is 6.08. The summed E-state index contributed by atoms with van der Waals surface area (Å²) in [4.78, 5) is 4.87. The highest BCUT2D eigenvalue weighted by Gasteiger charge is 2.39. The topological polar surface area (TPSA) is 6.48 Å². The van der Waals surface area contributed by atoms with E-state index in [0.717, 1.165) is 24.2 Å². The monoisotopic (exact) mass is 808 g/mol. The van der Waals surface area contributed by atoms with Crippen LogP contribution in [0.2, 0.25) is 0 Å². The fourth-order valence-corrected chi connectivity index (χ4v) is 11.1. The molecule has 2 aliphatic carbocycles. The number of para-hydroxylation sites is 3. The Hall–Kier alpha value is -7.42. The number of rotatable bonds is 7. The Kier molecular flexibility index (Phi) is 8.83. The van der Waals surface area contributed by atoms with Crippen molar-refractivity contribution in [2.24, 2.45) is 0 Å². The molecule has 2 heteroatoms. The predicted octanol–water partition coefficient (Wildman–Crippen LogP) is 16.9. The highest BCUT2D eigenvalue weighted by molar-refractivity contribution is 6.19. The van der Waals surface area contributed by atoms with Crippen LogP contribution in [0, 0.1) is 0 Å². The number of hydrogen-bond donors (Lipinski definition) is 0. The van der Waals surface area contributed by atoms with Crippen LogP contribution in [-0.2, 0) is 18.3 Å². The third-order valence-electron chi connectivity index (χ3n) is 14.0. The summed E-state index contributed by atoms with van der Waals surface area (Å²) < 4.78 is 0. The average molecular weight is 809 g/mol. The van der Waals surface area contributed by atoms with Gasteiger partial charge in [0.05, 0.1) is 0 Å². The van der Waals surface area contributed by atoms with E-state index < -0.39 is 0 Å². The van der Waals surface area contributed by atoms with Crippen molar-refractivity contribution in [1.82, 2.24) is 0 Å². The standard InChI is InChI=1S/C61H48N2/c1-61(2)57-40-48(62(44-20-6-3-7-21-44)45-22-8-4-9-23-45)33-35-55(57)59-53-29-17-15-27-51(53)56-39-43(31-34-54(56)60(59)61)49-36-37-58(52-28-16-14-26-50(49)52)63(46-24-10-5-11-25-46)47-32-30-41-18-12-13-19-42(41)38-47/h3-13,15,17-25,27,29-40H,14,16,26,28H2,1-2H3. The number of hydrogen-bond acceptors (Lipinski definition) is 2. The van der Waals surface area contributed by atoms with Crippen LogP contribution < -0.4 is 9.80 Å². The minimum absolute atomic E-state index is 0.228. The van der Waals surface area contributed by atoms with Gasteiger partial charge in [0.1, 0.15) is 0 Å². The van der Waals surface area contributed by atoms with Crippen molar-refractivity contribution in [1.29, 1.82) is 0 Å². The van der Waals surface area contributed by atoms with E-state index in [9.17, 15) is 0 Å². The molecule has 0 unspecified atom stereocenters. The van der Waals surface area contributed by atoms with Crippen LogP contribution in [0.1, 0.15) is 48.9 Å². The minimum atomic E-state index is -0.228. The van der Waals surface area contributed by atoms with Gasteiger partial charge in [-0.1, -0.05) is 147 Å². The molecule has 302 valence electrons. The lowest BCUT2D eigenvalue weighted by molar-refractivity contribution is 0.666. The van der Waals surface area contributed by atoms with Crippen molar-refractivity contribution in [3.05, 3.63) is 229 Å². The van der Waals surface area contributed by atoms with E-state index in [1.165, 1.54) is 112 Å². The van der Waals surface area contributed by atoms with Crippen molar-refractivity contribution in [3.8, 4) is 22.3 Å². The number of fused-ring (bicyclic) bond motifs is 10. The van der Waals surface area contributed by atoms with Gasteiger partial charge in [0.15, 0.2) is 0 Å². The molecule has 0 amide bonds.